The van der Waals surface area contributed by atoms with Crippen molar-refractivity contribution in [1.29, 1.82) is 0 Å². The van der Waals surface area contributed by atoms with Crippen molar-refractivity contribution < 1.29 is 4.79 Å². The van der Waals surface area contributed by atoms with Crippen molar-refractivity contribution in [3.8, 4) is 0 Å². The normalized spacial score (nSPS) is 16.2. The summed E-state index contributed by atoms with van der Waals surface area (Å²) in [6.45, 7) is 6.74. The molecule has 2 unspecified atom stereocenters. The van der Waals surface area contributed by atoms with Gasteiger partial charge in [-0.15, -0.1) is 0 Å². The van der Waals surface area contributed by atoms with Crippen LogP contribution < -0.4 is 0 Å². The third-order valence-electron chi connectivity index (χ3n) is 2.25. The zero-order chi connectivity index (χ0) is 9.40. The molecule has 0 N–H and O–H groups in total. The quantitative estimate of drug-likeness (QED) is 0.439. The molecule has 0 aromatic rings. The predicted octanol–water partition coefficient (Wildman–Crippen LogP) is 3.20. The average Bonchev–Trinajstić information content (AvgIpc) is 2.05. The third kappa shape index (κ3) is 6.14. The van der Waals surface area contributed by atoms with E-state index in [1.165, 1.54) is 12.8 Å². The molecule has 0 rings (SSSR count). The summed E-state index contributed by atoms with van der Waals surface area (Å²) in [6, 6.07) is 0. The first-order chi connectivity index (χ1) is 5.70. The molecule has 2 atom stereocenters. The summed E-state index contributed by atoms with van der Waals surface area (Å²) in [5.74, 6) is 1.51. The van der Waals surface area contributed by atoms with Gasteiger partial charge in [-0.2, -0.15) is 0 Å². The standard InChI is InChI=1S/C11H20O/c1-4-10(2)9-11(3)7-5-6-8-12/h5-6,8,10-11H,4,7,9H2,1-3H3/b6-5+. The first-order valence-corrected chi connectivity index (χ1v) is 4.81. The molecule has 0 spiro atoms. The molecule has 0 radical (unpaired) electrons. The molecule has 70 valence electrons. The second-order valence-corrected chi connectivity index (χ2v) is 3.65. The Bertz CT molecular complexity index is 138. The van der Waals surface area contributed by atoms with E-state index in [4.69, 9.17) is 0 Å². The molecule has 0 saturated carbocycles. The zero-order valence-electron chi connectivity index (χ0n) is 8.42. The Kier molecular flexibility index (Phi) is 6.73. The first kappa shape index (κ1) is 11.4. The molecular weight excluding hydrogens is 148 g/mol. The van der Waals surface area contributed by atoms with Crippen LogP contribution >= 0.6 is 0 Å². The number of carbonyl (C=O) groups is 1. The smallest absolute Gasteiger partial charge is 0.142 e. The van der Waals surface area contributed by atoms with E-state index in [9.17, 15) is 4.79 Å². The molecule has 12 heavy (non-hydrogen) atoms. The van der Waals surface area contributed by atoms with Crippen molar-refractivity contribution in [3.63, 3.8) is 0 Å². The van der Waals surface area contributed by atoms with Crippen molar-refractivity contribution in [1.82, 2.24) is 0 Å². The molecule has 0 amide bonds. The number of aldehydes is 1. The van der Waals surface area contributed by atoms with E-state index in [0.29, 0.717) is 5.92 Å². The Labute approximate surface area is 75.9 Å². The molecule has 0 bridgehead atoms. The molecule has 0 aliphatic rings. The molecule has 0 aromatic heterocycles. The number of hydrogen-bond acceptors (Lipinski definition) is 1. The Morgan fingerprint density at radius 2 is 1.92 bits per heavy atom. The Hall–Kier alpha value is -0.590. The minimum atomic E-state index is 0.705. The Morgan fingerprint density at radius 3 is 2.42 bits per heavy atom. The summed E-state index contributed by atoms with van der Waals surface area (Å²) < 4.78 is 0. The monoisotopic (exact) mass is 168 g/mol. The Balaban J connectivity index is 3.51. The highest BCUT2D eigenvalue weighted by Crippen LogP contribution is 2.17. The summed E-state index contributed by atoms with van der Waals surface area (Å²) in [7, 11) is 0. The van der Waals surface area contributed by atoms with Gasteiger partial charge in [0.2, 0.25) is 0 Å². The lowest BCUT2D eigenvalue weighted by molar-refractivity contribution is -0.104. The van der Waals surface area contributed by atoms with Gasteiger partial charge in [0.05, 0.1) is 0 Å². The van der Waals surface area contributed by atoms with Crippen molar-refractivity contribution in [2.75, 3.05) is 0 Å². The second kappa shape index (κ2) is 7.08. The Morgan fingerprint density at radius 1 is 1.25 bits per heavy atom. The van der Waals surface area contributed by atoms with Gasteiger partial charge < -0.3 is 0 Å². The van der Waals surface area contributed by atoms with Crippen LogP contribution in [0, 0.1) is 11.8 Å². The highest BCUT2D eigenvalue weighted by Gasteiger charge is 2.04. The minimum absolute atomic E-state index is 0.705. The maximum atomic E-state index is 9.98. The number of rotatable bonds is 6. The van der Waals surface area contributed by atoms with Gasteiger partial charge in [0, 0.05) is 0 Å². The summed E-state index contributed by atoms with van der Waals surface area (Å²) >= 11 is 0. The van der Waals surface area contributed by atoms with Crippen LogP contribution in [0.15, 0.2) is 12.2 Å². The van der Waals surface area contributed by atoms with E-state index in [2.05, 4.69) is 20.8 Å². The van der Waals surface area contributed by atoms with E-state index in [-0.39, 0.29) is 0 Å². The maximum absolute atomic E-state index is 9.98. The number of carbonyl (C=O) groups excluding carboxylic acids is 1. The van der Waals surface area contributed by atoms with Crippen LogP contribution in [0.25, 0.3) is 0 Å². The average molecular weight is 168 g/mol. The first-order valence-electron chi connectivity index (χ1n) is 4.81. The number of allylic oxidation sites excluding steroid dienone is 2. The molecule has 0 aromatic carbocycles. The summed E-state index contributed by atoms with van der Waals surface area (Å²) in [5, 5.41) is 0. The summed E-state index contributed by atoms with van der Waals surface area (Å²) in [4.78, 5) is 9.98. The van der Waals surface area contributed by atoms with Gasteiger partial charge in [0.25, 0.3) is 0 Å². The van der Waals surface area contributed by atoms with Gasteiger partial charge in [0.15, 0.2) is 0 Å². The third-order valence-corrected chi connectivity index (χ3v) is 2.25. The van der Waals surface area contributed by atoms with Crippen LogP contribution in [0.3, 0.4) is 0 Å². The van der Waals surface area contributed by atoms with Crippen molar-refractivity contribution in [2.24, 2.45) is 11.8 Å². The van der Waals surface area contributed by atoms with Crippen molar-refractivity contribution >= 4 is 6.29 Å². The highest BCUT2D eigenvalue weighted by atomic mass is 16.1. The van der Waals surface area contributed by atoms with E-state index in [1.54, 1.807) is 6.08 Å². The predicted molar refractivity (Wildman–Crippen MR) is 53.1 cm³/mol. The molecule has 1 nitrogen and oxygen atoms in total. The van der Waals surface area contributed by atoms with Gasteiger partial charge in [-0.25, -0.2) is 0 Å². The SMILES string of the molecule is CCC(C)CC(C)C/C=C/C=O. The fourth-order valence-corrected chi connectivity index (χ4v) is 1.32. The van der Waals surface area contributed by atoms with Crippen molar-refractivity contribution in [2.45, 2.75) is 40.0 Å². The molecule has 1 heteroatoms. The van der Waals surface area contributed by atoms with Gasteiger partial charge in [-0.3, -0.25) is 4.79 Å². The molecule has 0 aliphatic heterocycles. The van der Waals surface area contributed by atoms with E-state index < -0.39 is 0 Å². The van der Waals surface area contributed by atoms with Crippen LogP contribution in [-0.2, 0) is 4.79 Å². The summed E-state index contributed by atoms with van der Waals surface area (Å²) in [5.41, 5.74) is 0. The zero-order valence-corrected chi connectivity index (χ0v) is 8.42. The maximum Gasteiger partial charge on any atom is 0.142 e. The minimum Gasteiger partial charge on any atom is -0.299 e. The van der Waals surface area contributed by atoms with Crippen molar-refractivity contribution in [3.05, 3.63) is 12.2 Å². The van der Waals surface area contributed by atoms with Crippen LogP contribution in [0.2, 0.25) is 0 Å². The lowest BCUT2D eigenvalue weighted by Crippen LogP contribution is -2.00. The van der Waals surface area contributed by atoms with E-state index >= 15 is 0 Å². The fraction of sp³-hybridized carbons (Fsp3) is 0.727. The van der Waals surface area contributed by atoms with Gasteiger partial charge in [-0.1, -0.05) is 33.3 Å². The van der Waals surface area contributed by atoms with Gasteiger partial charge in [-0.05, 0) is 30.8 Å². The molecular formula is C11H20O. The molecule has 0 aliphatic carbocycles. The van der Waals surface area contributed by atoms with Crippen LogP contribution in [-0.4, -0.2) is 6.29 Å². The number of hydrogen-bond donors (Lipinski definition) is 0. The lowest BCUT2D eigenvalue weighted by atomic mass is 9.93. The van der Waals surface area contributed by atoms with E-state index in [0.717, 1.165) is 18.6 Å². The highest BCUT2D eigenvalue weighted by molar-refractivity contribution is 5.64. The molecule has 0 heterocycles. The van der Waals surface area contributed by atoms with Gasteiger partial charge in [0.1, 0.15) is 6.29 Å². The van der Waals surface area contributed by atoms with Crippen LogP contribution in [0.4, 0.5) is 0 Å². The molecule has 0 saturated heterocycles. The van der Waals surface area contributed by atoms with Crippen LogP contribution in [0.1, 0.15) is 40.0 Å². The largest absolute Gasteiger partial charge is 0.299 e. The van der Waals surface area contributed by atoms with Crippen LogP contribution in [0.5, 0.6) is 0 Å². The lowest BCUT2D eigenvalue weighted by Gasteiger charge is -2.13. The van der Waals surface area contributed by atoms with E-state index in [1.807, 2.05) is 6.08 Å². The topological polar surface area (TPSA) is 17.1 Å². The van der Waals surface area contributed by atoms with Gasteiger partial charge >= 0.3 is 0 Å². The fourth-order valence-electron chi connectivity index (χ4n) is 1.32. The molecule has 0 fully saturated rings. The summed E-state index contributed by atoms with van der Waals surface area (Å²) in [6.07, 6.45) is 7.94. The second-order valence-electron chi connectivity index (χ2n) is 3.65.